The van der Waals surface area contributed by atoms with E-state index < -0.39 is 23.5 Å². The van der Waals surface area contributed by atoms with Crippen molar-refractivity contribution < 1.29 is 23.5 Å². The summed E-state index contributed by atoms with van der Waals surface area (Å²) < 4.78 is 28.8. The number of benzene rings is 1. The summed E-state index contributed by atoms with van der Waals surface area (Å²) in [4.78, 5) is 27.5. The van der Waals surface area contributed by atoms with Crippen LogP contribution in [0.4, 0.5) is 8.78 Å². The Kier molecular flexibility index (Phi) is 4.76. The number of carbonyl (C=O) groups is 2. The summed E-state index contributed by atoms with van der Waals surface area (Å²) in [5, 5.41) is 15.6. The summed E-state index contributed by atoms with van der Waals surface area (Å²) in [6, 6.07) is 3.45. The van der Waals surface area contributed by atoms with Crippen LogP contribution in [0.25, 0.3) is 10.6 Å². The standard InChI is InChI=1S/C16H12F2N4O3S/c1-22-13(16(24)25)8(6-21-22)5-19-14(23)11-7-20-15(26-11)12-9(17)3-2-4-10(12)18/h2-4,6-7H,5H2,1H3,(H,19,23)(H,24,25). The van der Waals surface area contributed by atoms with Gasteiger partial charge in [0.25, 0.3) is 5.91 Å². The van der Waals surface area contributed by atoms with E-state index in [9.17, 15) is 18.4 Å². The van der Waals surface area contributed by atoms with Crippen molar-refractivity contribution in [1.82, 2.24) is 20.1 Å². The third kappa shape index (κ3) is 3.31. The van der Waals surface area contributed by atoms with Crippen LogP contribution >= 0.6 is 11.3 Å². The van der Waals surface area contributed by atoms with Gasteiger partial charge in [0.2, 0.25) is 0 Å². The fourth-order valence-electron chi connectivity index (χ4n) is 2.35. The highest BCUT2D eigenvalue weighted by Crippen LogP contribution is 2.29. The molecule has 1 aromatic carbocycles. The number of thiazole rings is 1. The van der Waals surface area contributed by atoms with Gasteiger partial charge in [-0.2, -0.15) is 5.10 Å². The van der Waals surface area contributed by atoms with Crippen LogP contribution in [0.2, 0.25) is 0 Å². The predicted molar refractivity (Wildman–Crippen MR) is 88.8 cm³/mol. The van der Waals surface area contributed by atoms with Crippen LogP contribution in [-0.4, -0.2) is 31.7 Å². The maximum absolute atomic E-state index is 13.8. The van der Waals surface area contributed by atoms with Crippen molar-refractivity contribution in [3.8, 4) is 10.6 Å². The largest absolute Gasteiger partial charge is 0.477 e. The molecule has 2 heterocycles. The summed E-state index contributed by atoms with van der Waals surface area (Å²) in [5.74, 6) is -3.24. The summed E-state index contributed by atoms with van der Waals surface area (Å²) in [6.07, 6.45) is 2.55. The number of rotatable bonds is 5. The molecule has 10 heteroatoms. The fourth-order valence-corrected chi connectivity index (χ4v) is 3.23. The van der Waals surface area contributed by atoms with Gasteiger partial charge in [-0.25, -0.2) is 18.6 Å². The van der Waals surface area contributed by atoms with E-state index in [-0.39, 0.29) is 27.7 Å². The van der Waals surface area contributed by atoms with E-state index in [0.29, 0.717) is 5.56 Å². The molecule has 0 saturated heterocycles. The highest BCUT2D eigenvalue weighted by molar-refractivity contribution is 7.16. The second-order valence-corrected chi connectivity index (χ2v) is 6.29. The van der Waals surface area contributed by atoms with E-state index in [2.05, 4.69) is 15.4 Å². The molecule has 0 aliphatic rings. The molecule has 0 radical (unpaired) electrons. The minimum absolute atomic E-state index is 0.0382. The molecule has 2 aromatic heterocycles. The number of hydrogen-bond acceptors (Lipinski definition) is 5. The molecule has 7 nitrogen and oxygen atoms in total. The molecule has 1 amide bonds. The van der Waals surface area contributed by atoms with E-state index in [0.717, 1.165) is 23.5 Å². The number of aromatic carboxylic acids is 1. The SMILES string of the molecule is Cn1ncc(CNC(=O)c2cnc(-c3c(F)cccc3F)s2)c1C(=O)O. The van der Waals surface area contributed by atoms with Crippen LogP contribution in [0.3, 0.4) is 0 Å². The van der Waals surface area contributed by atoms with Crippen LogP contribution < -0.4 is 5.32 Å². The average molecular weight is 378 g/mol. The smallest absolute Gasteiger partial charge is 0.354 e. The zero-order valence-corrected chi connectivity index (χ0v) is 14.2. The van der Waals surface area contributed by atoms with Crippen molar-refractivity contribution in [3.05, 3.63) is 58.4 Å². The number of carboxylic acids is 1. The van der Waals surface area contributed by atoms with Gasteiger partial charge in [0.15, 0.2) is 5.69 Å². The van der Waals surface area contributed by atoms with Gasteiger partial charge in [-0.1, -0.05) is 6.07 Å². The van der Waals surface area contributed by atoms with Crippen LogP contribution in [0, 0.1) is 11.6 Å². The van der Waals surface area contributed by atoms with Gasteiger partial charge >= 0.3 is 5.97 Å². The van der Waals surface area contributed by atoms with Crippen molar-refractivity contribution in [2.24, 2.45) is 7.05 Å². The van der Waals surface area contributed by atoms with Crippen molar-refractivity contribution in [2.75, 3.05) is 0 Å². The third-order valence-electron chi connectivity index (χ3n) is 3.56. The number of carboxylic acid groups (broad SMARTS) is 1. The Balaban J connectivity index is 1.76. The highest BCUT2D eigenvalue weighted by atomic mass is 32.1. The molecule has 3 aromatic rings. The molecule has 134 valence electrons. The zero-order valence-electron chi connectivity index (χ0n) is 13.4. The lowest BCUT2D eigenvalue weighted by Gasteiger charge is -2.03. The maximum atomic E-state index is 13.8. The Morgan fingerprint density at radius 3 is 2.62 bits per heavy atom. The topological polar surface area (TPSA) is 97.1 Å². The van der Waals surface area contributed by atoms with Crippen LogP contribution in [0.5, 0.6) is 0 Å². The van der Waals surface area contributed by atoms with Gasteiger partial charge in [-0.05, 0) is 12.1 Å². The number of nitrogens with zero attached hydrogens (tertiary/aromatic N) is 3. The van der Waals surface area contributed by atoms with E-state index in [4.69, 9.17) is 5.11 Å². The number of hydrogen-bond donors (Lipinski definition) is 2. The summed E-state index contributed by atoms with van der Waals surface area (Å²) in [6.45, 7) is -0.0599. The molecule has 0 spiro atoms. The van der Waals surface area contributed by atoms with Gasteiger partial charge in [-0.3, -0.25) is 9.48 Å². The first-order valence-electron chi connectivity index (χ1n) is 7.31. The van der Waals surface area contributed by atoms with Crippen LogP contribution in [0.15, 0.2) is 30.6 Å². The maximum Gasteiger partial charge on any atom is 0.354 e. The minimum atomic E-state index is -1.16. The average Bonchev–Trinajstić information content (AvgIpc) is 3.19. The first kappa shape index (κ1) is 17.7. The predicted octanol–water partition coefficient (Wildman–Crippen LogP) is 2.45. The first-order valence-corrected chi connectivity index (χ1v) is 8.12. The molecule has 3 rings (SSSR count). The fraction of sp³-hybridized carbons (Fsp3) is 0.125. The Bertz CT molecular complexity index is 979. The van der Waals surface area contributed by atoms with Crippen molar-refractivity contribution >= 4 is 23.2 Å². The van der Waals surface area contributed by atoms with E-state index in [1.54, 1.807) is 0 Å². The van der Waals surface area contributed by atoms with Crippen LogP contribution in [-0.2, 0) is 13.6 Å². The number of carbonyl (C=O) groups excluding carboxylic acids is 1. The lowest BCUT2D eigenvalue weighted by Crippen LogP contribution is -2.23. The molecule has 0 aliphatic heterocycles. The van der Waals surface area contributed by atoms with Gasteiger partial charge in [0.1, 0.15) is 21.5 Å². The molecule has 0 aliphatic carbocycles. The second-order valence-electron chi connectivity index (χ2n) is 5.26. The molecule has 0 unspecified atom stereocenters. The molecule has 2 N–H and O–H groups in total. The Hall–Kier alpha value is -3.14. The summed E-state index contributed by atoms with van der Waals surface area (Å²) in [5.41, 5.74) is -0.000990. The molecule has 0 fully saturated rings. The lowest BCUT2D eigenvalue weighted by molar-refractivity contribution is 0.0682. The summed E-state index contributed by atoms with van der Waals surface area (Å²) >= 11 is 0.833. The number of aromatic nitrogens is 3. The zero-order chi connectivity index (χ0) is 18.8. The minimum Gasteiger partial charge on any atom is -0.477 e. The number of nitrogens with one attached hydrogen (secondary N) is 1. The van der Waals surface area contributed by atoms with E-state index in [1.165, 1.54) is 30.2 Å². The molecule has 0 saturated carbocycles. The normalized spacial score (nSPS) is 10.7. The third-order valence-corrected chi connectivity index (χ3v) is 4.58. The molecular weight excluding hydrogens is 366 g/mol. The monoisotopic (exact) mass is 378 g/mol. The quantitative estimate of drug-likeness (QED) is 0.711. The first-order chi connectivity index (χ1) is 12.4. The van der Waals surface area contributed by atoms with E-state index >= 15 is 0 Å². The Morgan fingerprint density at radius 1 is 1.27 bits per heavy atom. The van der Waals surface area contributed by atoms with Gasteiger partial charge in [0.05, 0.1) is 18.0 Å². The van der Waals surface area contributed by atoms with Crippen molar-refractivity contribution in [3.63, 3.8) is 0 Å². The second kappa shape index (κ2) is 7.00. The highest BCUT2D eigenvalue weighted by Gasteiger charge is 2.19. The van der Waals surface area contributed by atoms with Crippen molar-refractivity contribution in [1.29, 1.82) is 0 Å². The molecule has 0 atom stereocenters. The van der Waals surface area contributed by atoms with Gasteiger partial charge in [0, 0.05) is 19.2 Å². The molecular formula is C16H12F2N4O3S. The Labute approximate surface area is 149 Å². The summed E-state index contributed by atoms with van der Waals surface area (Å²) in [7, 11) is 1.48. The van der Waals surface area contributed by atoms with Crippen molar-refractivity contribution in [2.45, 2.75) is 6.54 Å². The number of aryl methyl sites for hydroxylation is 1. The lowest BCUT2D eigenvalue weighted by atomic mass is 10.2. The number of halogens is 2. The van der Waals surface area contributed by atoms with Crippen LogP contribution in [0.1, 0.15) is 25.7 Å². The number of amides is 1. The molecule has 26 heavy (non-hydrogen) atoms. The Morgan fingerprint density at radius 2 is 1.96 bits per heavy atom. The van der Waals surface area contributed by atoms with E-state index in [1.807, 2.05) is 0 Å². The molecule has 0 bridgehead atoms. The van der Waals surface area contributed by atoms with Gasteiger partial charge in [-0.15, -0.1) is 11.3 Å². The van der Waals surface area contributed by atoms with Gasteiger partial charge < -0.3 is 10.4 Å².